The van der Waals surface area contributed by atoms with Gasteiger partial charge in [-0.05, 0) is 43.4 Å². The average molecular weight is 473 g/mol. The van der Waals surface area contributed by atoms with Crippen molar-refractivity contribution in [3.63, 3.8) is 0 Å². The van der Waals surface area contributed by atoms with Crippen molar-refractivity contribution in [2.24, 2.45) is 16.7 Å². The molecule has 0 saturated heterocycles. The Kier molecular flexibility index (Phi) is 5.74. The molecule has 170 valence electrons. The number of carbonyl (C=O) groups is 1. The third-order valence-electron chi connectivity index (χ3n) is 7.81. The number of unbranched alkanes of at least 4 members (excludes halogenated alkanes) is 5. The van der Waals surface area contributed by atoms with Crippen LogP contribution in [-0.2, 0) is 11.2 Å². The van der Waals surface area contributed by atoms with Crippen LogP contribution >= 0.6 is 23.2 Å². The lowest BCUT2D eigenvalue weighted by atomic mass is 10.1. The molecule has 0 radical (unpaired) electrons. The zero-order valence-electron chi connectivity index (χ0n) is 18.6. The highest BCUT2D eigenvalue weighted by Gasteiger charge is 3.00. The Morgan fingerprint density at radius 1 is 1.00 bits per heavy atom. The van der Waals surface area contributed by atoms with Crippen LogP contribution in [0.2, 0.25) is 0 Å². The number of fused-ring (bicyclic) bond motifs is 1. The first-order valence-corrected chi connectivity index (χ1v) is 12.7. The Balaban J connectivity index is 1.11. The molecule has 2 aromatic rings. The Hall–Kier alpha value is -1.65. The van der Waals surface area contributed by atoms with E-state index in [9.17, 15) is 4.79 Å². The topological polar surface area (TPSA) is 52.1 Å². The molecule has 0 amide bonds. The number of ether oxygens (including phenoxy) is 1. The number of esters is 1. The normalized spacial score (nSPS) is 25.7. The summed E-state index contributed by atoms with van der Waals surface area (Å²) in [5.41, 5.74) is 1.71. The van der Waals surface area contributed by atoms with E-state index in [4.69, 9.17) is 27.9 Å². The molecule has 2 atom stereocenters. The standard InChI is InChI=1S/C26H30Cl2N2O2/c1-2-3-4-5-6-7-8-22-29-16-19(17-30-22)18-9-11-20(12-10-18)32-23(31)21-15-25(21)24(13-14-24)26(25,27)28/h9-12,16-17,21H,2-8,13-15H2,1H3/t21-,25+/m0/s1. The Morgan fingerprint density at radius 2 is 1.66 bits per heavy atom. The van der Waals surface area contributed by atoms with Crippen LogP contribution in [0.15, 0.2) is 36.7 Å². The lowest BCUT2D eigenvalue weighted by Crippen LogP contribution is -2.13. The van der Waals surface area contributed by atoms with Gasteiger partial charge in [-0.3, -0.25) is 4.79 Å². The van der Waals surface area contributed by atoms with Crippen molar-refractivity contribution in [1.29, 1.82) is 0 Å². The van der Waals surface area contributed by atoms with Gasteiger partial charge < -0.3 is 4.74 Å². The molecule has 5 rings (SSSR count). The van der Waals surface area contributed by atoms with Gasteiger partial charge in [0.1, 0.15) is 15.9 Å². The summed E-state index contributed by atoms with van der Waals surface area (Å²) in [6.45, 7) is 2.24. The fourth-order valence-electron chi connectivity index (χ4n) is 5.61. The molecular weight excluding hydrogens is 443 g/mol. The molecule has 6 heteroatoms. The number of hydrogen-bond acceptors (Lipinski definition) is 4. The monoisotopic (exact) mass is 472 g/mol. The van der Waals surface area contributed by atoms with E-state index in [2.05, 4.69) is 16.9 Å². The minimum atomic E-state index is -0.741. The largest absolute Gasteiger partial charge is 0.426 e. The molecule has 3 aliphatic carbocycles. The van der Waals surface area contributed by atoms with Crippen LogP contribution < -0.4 is 4.74 Å². The molecule has 0 bridgehead atoms. The summed E-state index contributed by atoms with van der Waals surface area (Å²) < 4.78 is 4.89. The summed E-state index contributed by atoms with van der Waals surface area (Å²) in [5, 5.41) is 0. The smallest absolute Gasteiger partial charge is 0.315 e. The SMILES string of the molecule is CCCCCCCCc1ncc(-c2ccc(OC(=O)[C@@H]3C[C@@]34C(Cl)(Cl)C43CC3)cc2)cn1. The lowest BCUT2D eigenvalue weighted by molar-refractivity contribution is -0.136. The first kappa shape index (κ1) is 22.2. The third-order valence-corrected chi connectivity index (χ3v) is 9.21. The quantitative estimate of drug-likeness (QED) is 0.163. The molecule has 2 spiro atoms. The van der Waals surface area contributed by atoms with E-state index in [1.165, 1.54) is 32.1 Å². The molecule has 3 aliphatic rings. The molecule has 4 nitrogen and oxygen atoms in total. The molecular formula is C26H30Cl2N2O2. The minimum absolute atomic E-state index is 0.0160. The molecule has 1 heterocycles. The van der Waals surface area contributed by atoms with E-state index < -0.39 is 4.33 Å². The van der Waals surface area contributed by atoms with Gasteiger partial charge in [-0.15, -0.1) is 23.2 Å². The molecule has 0 unspecified atom stereocenters. The van der Waals surface area contributed by atoms with E-state index in [1.54, 1.807) is 0 Å². The van der Waals surface area contributed by atoms with Crippen LogP contribution in [0.4, 0.5) is 0 Å². The third kappa shape index (κ3) is 3.54. The van der Waals surface area contributed by atoms with E-state index in [0.717, 1.165) is 49.1 Å². The molecule has 3 fully saturated rings. The highest BCUT2D eigenvalue weighted by Crippen LogP contribution is 2.99. The van der Waals surface area contributed by atoms with Gasteiger partial charge in [0, 0.05) is 35.2 Å². The fourth-order valence-corrected chi connectivity index (χ4v) is 7.01. The van der Waals surface area contributed by atoms with Crippen molar-refractivity contribution in [2.45, 2.75) is 75.5 Å². The van der Waals surface area contributed by atoms with Gasteiger partial charge >= 0.3 is 5.97 Å². The van der Waals surface area contributed by atoms with Gasteiger partial charge in [-0.1, -0.05) is 51.2 Å². The second kappa shape index (κ2) is 8.29. The number of hydrogen-bond donors (Lipinski definition) is 0. The van der Waals surface area contributed by atoms with Crippen molar-refractivity contribution >= 4 is 29.2 Å². The van der Waals surface area contributed by atoms with Gasteiger partial charge in [0.2, 0.25) is 0 Å². The van der Waals surface area contributed by atoms with E-state index in [0.29, 0.717) is 5.75 Å². The lowest BCUT2D eigenvalue weighted by Gasteiger charge is -2.07. The number of rotatable bonds is 10. The maximum Gasteiger partial charge on any atom is 0.315 e. The second-order valence-corrected chi connectivity index (χ2v) is 11.1. The zero-order valence-corrected chi connectivity index (χ0v) is 20.1. The number of nitrogens with zero attached hydrogens (tertiary/aromatic N) is 2. The predicted octanol–water partition coefficient (Wildman–Crippen LogP) is 6.93. The number of aromatic nitrogens is 2. The first-order chi connectivity index (χ1) is 15.4. The fraction of sp³-hybridized carbons (Fsp3) is 0.577. The van der Waals surface area contributed by atoms with Crippen LogP contribution in [0, 0.1) is 16.7 Å². The summed E-state index contributed by atoms with van der Waals surface area (Å²) in [4.78, 5) is 21.7. The Bertz CT molecular complexity index is 980. The summed E-state index contributed by atoms with van der Waals surface area (Å²) in [6, 6.07) is 7.51. The van der Waals surface area contributed by atoms with Crippen molar-refractivity contribution < 1.29 is 9.53 Å². The van der Waals surface area contributed by atoms with Gasteiger partial charge in [0.15, 0.2) is 0 Å². The summed E-state index contributed by atoms with van der Waals surface area (Å²) >= 11 is 13.0. The maximum atomic E-state index is 12.6. The van der Waals surface area contributed by atoms with Crippen LogP contribution in [-0.4, -0.2) is 20.3 Å². The molecule has 32 heavy (non-hydrogen) atoms. The van der Waals surface area contributed by atoms with E-state index >= 15 is 0 Å². The van der Waals surface area contributed by atoms with Gasteiger partial charge in [0.25, 0.3) is 0 Å². The van der Waals surface area contributed by atoms with Gasteiger partial charge in [0.05, 0.1) is 5.92 Å². The van der Waals surface area contributed by atoms with E-state index in [1.807, 2.05) is 36.7 Å². The number of halogens is 2. The minimum Gasteiger partial charge on any atom is -0.426 e. The Labute approximate surface area is 200 Å². The maximum absolute atomic E-state index is 12.6. The molecule has 0 aliphatic heterocycles. The highest BCUT2D eigenvalue weighted by molar-refractivity contribution is 6.53. The van der Waals surface area contributed by atoms with Crippen LogP contribution in [0.5, 0.6) is 5.75 Å². The number of alkyl halides is 2. The van der Waals surface area contributed by atoms with Crippen molar-refractivity contribution in [3.05, 3.63) is 42.5 Å². The number of benzene rings is 1. The van der Waals surface area contributed by atoms with Crippen LogP contribution in [0.25, 0.3) is 11.1 Å². The molecule has 3 saturated carbocycles. The Morgan fingerprint density at radius 3 is 2.28 bits per heavy atom. The first-order valence-electron chi connectivity index (χ1n) is 12.0. The molecule has 1 aromatic carbocycles. The zero-order chi connectivity index (χ0) is 22.4. The number of carbonyl (C=O) groups excluding carboxylic acids is 1. The number of aryl methyl sites for hydroxylation is 1. The van der Waals surface area contributed by atoms with Gasteiger partial charge in [-0.2, -0.15) is 0 Å². The van der Waals surface area contributed by atoms with Crippen molar-refractivity contribution in [1.82, 2.24) is 9.97 Å². The van der Waals surface area contributed by atoms with Crippen molar-refractivity contribution in [2.75, 3.05) is 0 Å². The average Bonchev–Trinajstić information content (AvgIpc) is 3.70. The van der Waals surface area contributed by atoms with Crippen LogP contribution in [0.3, 0.4) is 0 Å². The molecule has 1 aromatic heterocycles. The molecule has 0 N–H and O–H groups in total. The summed E-state index contributed by atoms with van der Waals surface area (Å²) in [7, 11) is 0. The van der Waals surface area contributed by atoms with Gasteiger partial charge in [-0.25, -0.2) is 9.97 Å². The predicted molar refractivity (Wildman–Crippen MR) is 127 cm³/mol. The summed E-state index contributed by atoms with van der Waals surface area (Å²) in [6.07, 6.45) is 15.1. The second-order valence-electron chi connectivity index (χ2n) is 9.74. The highest BCUT2D eigenvalue weighted by atomic mass is 35.5. The summed E-state index contributed by atoms with van der Waals surface area (Å²) in [5.74, 6) is 1.06. The van der Waals surface area contributed by atoms with Crippen molar-refractivity contribution in [3.8, 4) is 16.9 Å². The van der Waals surface area contributed by atoms with E-state index in [-0.39, 0.29) is 22.7 Å². The van der Waals surface area contributed by atoms with Crippen LogP contribution in [0.1, 0.15) is 70.5 Å².